The lowest BCUT2D eigenvalue weighted by molar-refractivity contribution is 0.146. The zero-order chi connectivity index (χ0) is 22.8. The van der Waals surface area contributed by atoms with Crippen molar-refractivity contribution in [2.45, 2.75) is 31.7 Å². The van der Waals surface area contributed by atoms with Crippen molar-refractivity contribution in [1.29, 1.82) is 0 Å². The monoisotopic (exact) mass is 572 g/mol. The third-order valence-electron chi connectivity index (χ3n) is 5.86. The Balaban J connectivity index is 0.00000385. The lowest BCUT2D eigenvalue weighted by Crippen LogP contribution is -2.44. The van der Waals surface area contributed by atoms with Gasteiger partial charge < -0.3 is 29.3 Å². The molecule has 184 valence electrons. The molecule has 2 N–H and O–H groups in total. The summed E-state index contributed by atoms with van der Waals surface area (Å²) in [6.07, 6.45) is 6.26. The van der Waals surface area contributed by atoms with Crippen molar-refractivity contribution in [3.8, 4) is 17.2 Å². The smallest absolute Gasteiger partial charge is 0.203 e. The summed E-state index contributed by atoms with van der Waals surface area (Å²) < 4.78 is 22.2. The maximum absolute atomic E-state index is 5.74. The second-order valence-corrected chi connectivity index (χ2v) is 7.75. The summed E-state index contributed by atoms with van der Waals surface area (Å²) in [5.74, 6) is 3.71. The number of ether oxygens (including phenoxy) is 3. The molecule has 1 atom stereocenters. The van der Waals surface area contributed by atoms with Crippen LogP contribution in [-0.4, -0.2) is 65.4 Å². The minimum atomic E-state index is 0. The van der Waals surface area contributed by atoms with Gasteiger partial charge in [-0.3, -0.25) is 9.89 Å². The average Bonchev–Trinajstić information content (AvgIpc) is 3.37. The maximum Gasteiger partial charge on any atom is 0.203 e. The number of piperidine rings is 1. The number of likely N-dealkylation sites (tertiary alicyclic amines) is 1. The van der Waals surface area contributed by atoms with Crippen LogP contribution in [-0.2, 0) is 6.42 Å². The minimum absolute atomic E-state index is 0. The quantitative estimate of drug-likeness (QED) is 0.254. The van der Waals surface area contributed by atoms with Crippen LogP contribution in [0.3, 0.4) is 0 Å². The minimum Gasteiger partial charge on any atom is -0.493 e. The summed E-state index contributed by atoms with van der Waals surface area (Å²) in [7, 11) is 6.67. The van der Waals surface area contributed by atoms with Gasteiger partial charge in [-0.1, -0.05) is 12.5 Å². The highest BCUT2D eigenvalue weighted by Gasteiger charge is 2.24. The number of halogens is 1. The number of guanidine groups is 1. The first-order valence-corrected chi connectivity index (χ1v) is 11.2. The molecule has 0 spiro atoms. The Bertz CT molecular complexity index is 854. The highest BCUT2D eigenvalue weighted by molar-refractivity contribution is 14.0. The van der Waals surface area contributed by atoms with Crippen LogP contribution in [0.5, 0.6) is 17.2 Å². The fourth-order valence-electron chi connectivity index (χ4n) is 4.21. The van der Waals surface area contributed by atoms with Gasteiger partial charge in [0.2, 0.25) is 5.75 Å². The number of nitrogens with one attached hydrogen (secondary N) is 2. The van der Waals surface area contributed by atoms with E-state index in [-0.39, 0.29) is 30.0 Å². The number of nitrogens with zero attached hydrogens (tertiary/aromatic N) is 2. The van der Waals surface area contributed by atoms with Crippen molar-refractivity contribution in [2.24, 2.45) is 4.99 Å². The Morgan fingerprint density at radius 1 is 1.03 bits per heavy atom. The molecular formula is C24H37IN4O4. The molecule has 0 saturated carbocycles. The van der Waals surface area contributed by atoms with Crippen LogP contribution < -0.4 is 24.8 Å². The number of benzene rings is 1. The molecule has 1 aliphatic heterocycles. The number of hydrogen-bond donors (Lipinski definition) is 2. The van der Waals surface area contributed by atoms with E-state index >= 15 is 0 Å². The summed E-state index contributed by atoms with van der Waals surface area (Å²) >= 11 is 0. The highest BCUT2D eigenvalue weighted by Crippen LogP contribution is 2.39. The number of hydrogen-bond acceptors (Lipinski definition) is 6. The average molecular weight is 572 g/mol. The van der Waals surface area contributed by atoms with E-state index in [9.17, 15) is 0 Å². The first kappa shape index (κ1) is 27.1. The predicted octanol–water partition coefficient (Wildman–Crippen LogP) is 3.86. The van der Waals surface area contributed by atoms with Gasteiger partial charge in [0.15, 0.2) is 17.5 Å². The summed E-state index contributed by atoms with van der Waals surface area (Å²) in [6, 6.07) is 8.10. The van der Waals surface area contributed by atoms with Crippen molar-refractivity contribution >= 4 is 29.9 Å². The molecule has 0 bridgehead atoms. The first-order chi connectivity index (χ1) is 15.7. The van der Waals surface area contributed by atoms with Gasteiger partial charge in [0.1, 0.15) is 5.76 Å². The second kappa shape index (κ2) is 14.2. The Morgan fingerprint density at radius 3 is 2.39 bits per heavy atom. The lowest BCUT2D eigenvalue weighted by Gasteiger charge is -2.33. The van der Waals surface area contributed by atoms with E-state index in [1.54, 1.807) is 34.6 Å². The molecule has 3 rings (SSSR count). The number of furan rings is 1. The van der Waals surface area contributed by atoms with Gasteiger partial charge in [-0.25, -0.2) is 0 Å². The van der Waals surface area contributed by atoms with E-state index in [0.29, 0.717) is 23.8 Å². The molecule has 1 unspecified atom stereocenters. The van der Waals surface area contributed by atoms with E-state index in [4.69, 9.17) is 18.6 Å². The number of methoxy groups -OCH3 is 3. The Kier molecular flexibility index (Phi) is 11.7. The molecule has 1 aromatic carbocycles. The maximum atomic E-state index is 5.74. The zero-order valence-electron chi connectivity index (χ0n) is 20.1. The summed E-state index contributed by atoms with van der Waals surface area (Å²) in [5, 5.41) is 6.87. The predicted molar refractivity (Wildman–Crippen MR) is 141 cm³/mol. The zero-order valence-corrected chi connectivity index (χ0v) is 22.4. The molecule has 0 amide bonds. The Morgan fingerprint density at radius 2 is 1.79 bits per heavy atom. The molecule has 1 aromatic heterocycles. The third-order valence-corrected chi connectivity index (χ3v) is 5.86. The van der Waals surface area contributed by atoms with E-state index in [2.05, 4.69) is 26.6 Å². The molecule has 0 radical (unpaired) electrons. The van der Waals surface area contributed by atoms with Crippen LogP contribution >= 0.6 is 24.0 Å². The topological polar surface area (TPSA) is 80.5 Å². The van der Waals surface area contributed by atoms with E-state index in [1.807, 2.05) is 18.2 Å². The van der Waals surface area contributed by atoms with Gasteiger partial charge in [0, 0.05) is 25.7 Å². The molecule has 0 aliphatic carbocycles. The van der Waals surface area contributed by atoms with Gasteiger partial charge in [0.25, 0.3) is 0 Å². The fraction of sp³-hybridized carbons (Fsp3) is 0.542. The molecule has 1 aliphatic rings. The summed E-state index contributed by atoms with van der Waals surface area (Å²) in [4.78, 5) is 6.89. The fourth-order valence-corrected chi connectivity index (χ4v) is 4.21. The molecule has 8 nitrogen and oxygen atoms in total. The van der Waals surface area contributed by atoms with Gasteiger partial charge in [-0.2, -0.15) is 0 Å². The lowest BCUT2D eigenvalue weighted by atomic mass is 10.1. The van der Waals surface area contributed by atoms with Crippen LogP contribution in [0.4, 0.5) is 0 Å². The molecular weight excluding hydrogens is 535 g/mol. The highest BCUT2D eigenvalue weighted by atomic mass is 127. The second-order valence-electron chi connectivity index (χ2n) is 7.75. The number of aliphatic imine (C=N–C) groups is 1. The third kappa shape index (κ3) is 7.17. The SMILES string of the molecule is CN=C(NCCc1ccc(OC)c(OC)c1OC)NCC(c1ccco1)N1CCCCC1.I. The van der Waals surface area contributed by atoms with Crippen LogP contribution in [0.2, 0.25) is 0 Å². The van der Waals surface area contributed by atoms with Gasteiger partial charge in [-0.05, 0) is 50.6 Å². The van der Waals surface area contributed by atoms with Gasteiger partial charge in [-0.15, -0.1) is 24.0 Å². The largest absolute Gasteiger partial charge is 0.493 e. The van der Waals surface area contributed by atoms with Crippen LogP contribution in [0.1, 0.15) is 36.6 Å². The van der Waals surface area contributed by atoms with Crippen molar-refractivity contribution in [2.75, 3.05) is 54.6 Å². The van der Waals surface area contributed by atoms with Crippen molar-refractivity contribution in [1.82, 2.24) is 15.5 Å². The molecule has 9 heteroatoms. The summed E-state index contributed by atoms with van der Waals surface area (Å²) in [6.45, 7) is 3.61. The molecule has 33 heavy (non-hydrogen) atoms. The van der Waals surface area contributed by atoms with Crippen molar-refractivity contribution in [3.05, 3.63) is 41.9 Å². The Hall–Kier alpha value is -2.14. The Labute approximate surface area is 214 Å². The van der Waals surface area contributed by atoms with E-state index in [0.717, 1.165) is 43.3 Å². The first-order valence-electron chi connectivity index (χ1n) is 11.2. The van der Waals surface area contributed by atoms with Crippen molar-refractivity contribution < 1.29 is 18.6 Å². The van der Waals surface area contributed by atoms with Gasteiger partial charge >= 0.3 is 0 Å². The van der Waals surface area contributed by atoms with Crippen LogP contribution in [0.15, 0.2) is 39.9 Å². The number of rotatable bonds is 10. The van der Waals surface area contributed by atoms with E-state index in [1.165, 1.54) is 19.3 Å². The normalized spacial score (nSPS) is 15.3. The van der Waals surface area contributed by atoms with Crippen LogP contribution in [0, 0.1) is 0 Å². The standard InChI is InChI=1S/C24H36N4O4.HI/c1-25-24(26-13-12-18-10-11-21(29-2)23(31-4)22(18)30-3)27-17-19(20-9-8-16-32-20)28-14-6-5-7-15-28;/h8-11,16,19H,5-7,12-15,17H2,1-4H3,(H2,25,26,27);1H. The molecule has 2 aromatic rings. The van der Waals surface area contributed by atoms with Gasteiger partial charge in [0.05, 0.1) is 33.6 Å². The molecule has 1 saturated heterocycles. The molecule has 1 fully saturated rings. The van der Waals surface area contributed by atoms with Crippen molar-refractivity contribution in [3.63, 3.8) is 0 Å². The summed E-state index contributed by atoms with van der Waals surface area (Å²) in [5.41, 5.74) is 1.04. The van der Waals surface area contributed by atoms with E-state index < -0.39 is 0 Å². The molecule has 2 heterocycles. The van der Waals surface area contributed by atoms with Crippen LogP contribution in [0.25, 0.3) is 0 Å².